The quantitative estimate of drug-likeness (QED) is 0.416. The standard InChI is InChI=1S/C20H19N3O4S/c1-25-10-2-9-23-19(24)18(22-20(23)28)11-16-7-8-17(27-16)13-26-15-5-3-14(12-21)4-6-15/h3-8,11H,2,9-10,13H2,1H3,(H,22,28)/b18-11+. The van der Waals surface area contributed by atoms with Crippen LogP contribution in [0.4, 0.5) is 0 Å². The van der Waals surface area contributed by atoms with Crippen molar-refractivity contribution >= 4 is 29.3 Å². The Hall–Kier alpha value is -3.15. The minimum absolute atomic E-state index is 0.187. The zero-order valence-corrected chi connectivity index (χ0v) is 16.1. The van der Waals surface area contributed by atoms with Crippen molar-refractivity contribution in [2.24, 2.45) is 0 Å². The topological polar surface area (TPSA) is 87.7 Å². The summed E-state index contributed by atoms with van der Waals surface area (Å²) in [5.41, 5.74) is 0.943. The largest absolute Gasteiger partial charge is 0.486 e. The van der Waals surface area contributed by atoms with E-state index in [0.717, 1.165) is 0 Å². The third kappa shape index (κ3) is 4.76. The number of ether oxygens (including phenoxy) is 2. The Morgan fingerprint density at radius 1 is 1.29 bits per heavy atom. The maximum Gasteiger partial charge on any atom is 0.276 e. The van der Waals surface area contributed by atoms with E-state index < -0.39 is 0 Å². The summed E-state index contributed by atoms with van der Waals surface area (Å²) < 4.78 is 16.3. The van der Waals surface area contributed by atoms with Crippen molar-refractivity contribution in [1.29, 1.82) is 5.26 Å². The lowest BCUT2D eigenvalue weighted by Crippen LogP contribution is -2.32. The molecule has 8 heteroatoms. The summed E-state index contributed by atoms with van der Waals surface area (Å²) in [6, 6.07) is 12.4. The molecule has 7 nitrogen and oxygen atoms in total. The molecule has 0 unspecified atom stereocenters. The van der Waals surface area contributed by atoms with Gasteiger partial charge >= 0.3 is 0 Å². The molecule has 0 atom stereocenters. The molecule has 1 amide bonds. The van der Waals surface area contributed by atoms with E-state index in [2.05, 4.69) is 11.4 Å². The highest BCUT2D eigenvalue weighted by Gasteiger charge is 2.30. The fourth-order valence-electron chi connectivity index (χ4n) is 2.61. The fraction of sp³-hybridized carbons (Fsp3) is 0.250. The van der Waals surface area contributed by atoms with E-state index in [1.54, 1.807) is 49.6 Å². The van der Waals surface area contributed by atoms with Crippen LogP contribution in [-0.4, -0.2) is 36.2 Å². The lowest BCUT2D eigenvalue weighted by Gasteiger charge is -2.12. The van der Waals surface area contributed by atoms with E-state index in [1.165, 1.54) is 4.90 Å². The van der Waals surface area contributed by atoms with Gasteiger partial charge in [-0.25, -0.2) is 0 Å². The molecule has 144 valence electrons. The first-order chi connectivity index (χ1) is 13.6. The van der Waals surface area contributed by atoms with Gasteiger partial charge in [-0.05, 0) is 55.0 Å². The van der Waals surface area contributed by atoms with E-state index in [1.807, 2.05) is 0 Å². The summed E-state index contributed by atoms with van der Waals surface area (Å²) in [4.78, 5) is 14.0. The first kappa shape index (κ1) is 19.6. The first-order valence-corrected chi connectivity index (χ1v) is 9.06. The van der Waals surface area contributed by atoms with Gasteiger partial charge in [-0.3, -0.25) is 9.69 Å². The van der Waals surface area contributed by atoms with Gasteiger partial charge in [-0.2, -0.15) is 5.26 Å². The summed E-state index contributed by atoms with van der Waals surface area (Å²) in [5, 5.41) is 12.1. The average Bonchev–Trinajstić information content (AvgIpc) is 3.26. The van der Waals surface area contributed by atoms with E-state index in [4.69, 9.17) is 31.4 Å². The molecule has 1 saturated heterocycles. The molecule has 1 aromatic carbocycles. The number of hydrogen-bond acceptors (Lipinski definition) is 6. The number of thiocarbonyl (C=S) groups is 1. The normalized spacial score (nSPS) is 15.0. The minimum Gasteiger partial charge on any atom is -0.486 e. The van der Waals surface area contributed by atoms with Gasteiger partial charge in [-0.1, -0.05) is 0 Å². The molecule has 1 fully saturated rings. The van der Waals surface area contributed by atoms with Crippen LogP contribution in [0.1, 0.15) is 23.5 Å². The molecule has 28 heavy (non-hydrogen) atoms. The highest BCUT2D eigenvalue weighted by Crippen LogP contribution is 2.19. The van der Waals surface area contributed by atoms with Crippen molar-refractivity contribution in [2.75, 3.05) is 20.3 Å². The Kier molecular flexibility index (Phi) is 6.42. The van der Waals surface area contributed by atoms with Crippen molar-refractivity contribution in [2.45, 2.75) is 13.0 Å². The molecule has 3 rings (SSSR count). The molecule has 2 aromatic rings. The number of nitrogens with one attached hydrogen (secondary N) is 1. The van der Waals surface area contributed by atoms with Crippen LogP contribution in [0, 0.1) is 11.3 Å². The summed E-state index contributed by atoms with van der Waals surface area (Å²) in [6.45, 7) is 1.29. The van der Waals surface area contributed by atoms with Gasteiger partial charge in [0, 0.05) is 26.3 Å². The van der Waals surface area contributed by atoms with E-state index in [-0.39, 0.29) is 12.5 Å². The van der Waals surface area contributed by atoms with E-state index in [9.17, 15) is 4.79 Å². The van der Waals surface area contributed by atoms with Crippen LogP contribution < -0.4 is 10.1 Å². The zero-order chi connectivity index (χ0) is 19.9. The van der Waals surface area contributed by atoms with Gasteiger partial charge in [-0.15, -0.1) is 0 Å². The van der Waals surface area contributed by atoms with Crippen molar-refractivity contribution in [3.8, 4) is 11.8 Å². The van der Waals surface area contributed by atoms with Crippen molar-refractivity contribution in [1.82, 2.24) is 10.2 Å². The zero-order valence-electron chi connectivity index (χ0n) is 15.3. The second-order valence-corrected chi connectivity index (χ2v) is 6.41. The number of carbonyl (C=O) groups excluding carboxylic acids is 1. The number of nitriles is 1. The predicted molar refractivity (Wildman–Crippen MR) is 106 cm³/mol. The monoisotopic (exact) mass is 397 g/mol. The second-order valence-electron chi connectivity index (χ2n) is 6.02. The van der Waals surface area contributed by atoms with Gasteiger partial charge in [0.2, 0.25) is 0 Å². The SMILES string of the molecule is COCCCN1C(=O)/C(=C\c2ccc(COc3ccc(C#N)cc3)o2)NC1=S. The lowest BCUT2D eigenvalue weighted by atomic mass is 10.2. The van der Waals surface area contributed by atoms with Crippen LogP contribution >= 0.6 is 12.2 Å². The number of amides is 1. The molecular weight excluding hydrogens is 378 g/mol. The summed E-state index contributed by atoms with van der Waals surface area (Å²) in [5.74, 6) is 1.59. The molecule has 0 radical (unpaired) electrons. The maximum atomic E-state index is 12.5. The Morgan fingerprint density at radius 2 is 2.07 bits per heavy atom. The highest BCUT2D eigenvalue weighted by molar-refractivity contribution is 7.80. The highest BCUT2D eigenvalue weighted by atomic mass is 32.1. The number of nitrogens with zero attached hydrogens (tertiary/aromatic N) is 2. The maximum absolute atomic E-state index is 12.5. The molecule has 0 spiro atoms. The van der Waals surface area contributed by atoms with E-state index in [0.29, 0.717) is 53.2 Å². The minimum atomic E-state index is -0.187. The summed E-state index contributed by atoms with van der Waals surface area (Å²) >= 11 is 5.22. The molecule has 1 aromatic heterocycles. The van der Waals surface area contributed by atoms with Crippen LogP contribution in [0.2, 0.25) is 0 Å². The average molecular weight is 397 g/mol. The summed E-state index contributed by atoms with van der Waals surface area (Å²) in [7, 11) is 1.62. The second kappa shape index (κ2) is 9.17. The molecular formula is C20H19N3O4S. The Morgan fingerprint density at radius 3 is 2.79 bits per heavy atom. The van der Waals surface area contributed by atoms with Crippen molar-refractivity contribution in [3.05, 3.63) is 59.2 Å². The van der Waals surface area contributed by atoms with Crippen LogP contribution in [0.3, 0.4) is 0 Å². The van der Waals surface area contributed by atoms with Crippen LogP contribution in [-0.2, 0) is 16.1 Å². The third-order valence-corrected chi connectivity index (χ3v) is 4.35. The van der Waals surface area contributed by atoms with Crippen LogP contribution in [0.5, 0.6) is 5.75 Å². The van der Waals surface area contributed by atoms with E-state index >= 15 is 0 Å². The van der Waals surface area contributed by atoms with Crippen LogP contribution in [0.25, 0.3) is 6.08 Å². The number of benzene rings is 1. The number of carbonyl (C=O) groups is 1. The van der Waals surface area contributed by atoms with Gasteiger partial charge < -0.3 is 19.2 Å². The molecule has 2 heterocycles. The Bertz CT molecular complexity index is 928. The van der Waals surface area contributed by atoms with Gasteiger partial charge in [0.1, 0.15) is 29.6 Å². The van der Waals surface area contributed by atoms with Crippen molar-refractivity contribution < 1.29 is 18.7 Å². The first-order valence-electron chi connectivity index (χ1n) is 8.66. The number of rotatable bonds is 8. The fourth-order valence-corrected chi connectivity index (χ4v) is 2.90. The molecule has 0 aliphatic carbocycles. The number of furan rings is 1. The smallest absolute Gasteiger partial charge is 0.276 e. The molecule has 1 aliphatic rings. The Balaban J connectivity index is 1.59. The van der Waals surface area contributed by atoms with Gasteiger partial charge in [0.25, 0.3) is 5.91 Å². The molecule has 1 aliphatic heterocycles. The van der Waals surface area contributed by atoms with Gasteiger partial charge in [0.05, 0.1) is 11.6 Å². The third-order valence-electron chi connectivity index (χ3n) is 4.03. The summed E-state index contributed by atoms with van der Waals surface area (Å²) in [6.07, 6.45) is 2.32. The number of hydrogen-bond donors (Lipinski definition) is 1. The molecule has 1 N–H and O–H groups in total. The predicted octanol–water partition coefficient (Wildman–Crippen LogP) is 2.82. The number of methoxy groups -OCH3 is 1. The van der Waals surface area contributed by atoms with Crippen molar-refractivity contribution in [3.63, 3.8) is 0 Å². The lowest BCUT2D eigenvalue weighted by molar-refractivity contribution is -0.122. The molecule has 0 saturated carbocycles. The molecule has 0 bridgehead atoms. The van der Waals surface area contributed by atoms with Gasteiger partial charge in [0.15, 0.2) is 5.11 Å². The van der Waals surface area contributed by atoms with Crippen LogP contribution in [0.15, 0.2) is 46.5 Å². The Labute approximate surface area is 168 Å².